The molecule has 2 heteroatoms. The summed E-state index contributed by atoms with van der Waals surface area (Å²) in [5.41, 5.74) is 1.67. The minimum absolute atomic E-state index is 0.137. The molecule has 0 bridgehead atoms. The van der Waals surface area contributed by atoms with E-state index in [-0.39, 0.29) is 5.82 Å². The standard InChI is InChI=1S/C10H12FN/c1-7-3-2-4-9(11)10(7)12-8-5-6-8/h2-4,8,12H,5-6H2,1H3. The van der Waals surface area contributed by atoms with Crippen molar-refractivity contribution in [1.82, 2.24) is 0 Å². The van der Waals surface area contributed by atoms with Crippen LogP contribution in [0.5, 0.6) is 0 Å². The average molecular weight is 165 g/mol. The van der Waals surface area contributed by atoms with Gasteiger partial charge in [-0.1, -0.05) is 12.1 Å². The lowest BCUT2D eigenvalue weighted by atomic mass is 10.2. The number of aryl methyl sites for hydroxylation is 1. The number of hydrogen-bond donors (Lipinski definition) is 1. The molecule has 1 N–H and O–H groups in total. The van der Waals surface area contributed by atoms with Gasteiger partial charge in [0.2, 0.25) is 0 Å². The molecule has 0 heterocycles. The van der Waals surface area contributed by atoms with E-state index in [2.05, 4.69) is 5.32 Å². The quantitative estimate of drug-likeness (QED) is 0.710. The van der Waals surface area contributed by atoms with Crippen molar-refractivity contribution < 1.29 is 4.39 Å². The van der Waals surface area contributed by atoms with E-state index in [0.29, 0.717) is 11.7 Å². The smallest absolute Gasteiger partial charge is 0.146 e. The van der Waals surface area contributed by atoms with E-state index in [9.17, 15) is 4.39 Å². The van der Waals surface area contributed by atoms with Crippen LogP contribution < -0.4 is 5.32 Å². The lowest BCUT2D eigenvalue weighted by Crippen LogP contribution is -2.04. The molecule has 1 aliphatic rings. The van der Waals surface area contributed by atoms with E-state index < -0.39 is 0 Å². The zero-order valence-electron chi connectivity index (χ0n) is 7.10. The summed E-state index contributed by atoms with van der Waals surface area (Å²) in [6, 6.07) is 5.68. The van der Waals surface area contributed by atoms with Gasteiger partial charge in [0.1, 0.15) is 5.82 Å². The van der Waals surface area contributed by atoms with Crippen LogP contribution in [0.3, 0.4) is 0 Å². The summed E-state index contributed by atoms with van der Waals surface area (Å²) < 4.78 is 13.2. The minimum Gasteiger partial charge on any atom is -0.380 e. The number of halogens is 1. The third-order valence-electron chi connectivity index (χ3n) is 2.15. The molecule has 1 aromatic carbocycles. The Hall–Kier alpha value is -1.05. The Morgan fingerprint density at radius 1 is 1.42 bits per heavy atom. The Bertz CT molecular complexity index is 272. The normalized spacial score (nSPS) is 16.2. The zero-order chi connectivity index (χ0) is 8.55. The van der Waals surface area contributed by atoms with Crippen LogP contribution in [-0.4, -0.2) is 6.04 Å². The minimum atomic E-state index is -0.137. The number of anilines is 1. The van der Waals surface area contributed by atoms with Gasteiger partial charge in [-0.3, -0.25) is 0 Å². The summed E-state index contributed by atoms with van der Waals surface area (Å²) in [4.78, 5) is 0. The van der Waals surface area contributed by atoms with Crippen LogP contribution in [0.2, 0.25) is 0 Å². The van der Waals surface area contributed by atoms with Crippen molar-refractivity contribution in [3.63, 3.8) is 0 Å². The van der Waals surface area contributed by atoms with Gasteiger partial charge in [0, 0.05) is 6.04 Å². The van der Waals surface area contributed by atoms with Gasteiger partial charge in [0.25, 0.3) is 0 Å². The van der Waals surface area contributed by atoms with Crippen LogP contribution in [0, 0.1) is 12.7 Å². The zero-order valence-corrected chi connectivity index (χ0v) is 7.10. The fourth-order valence-corrected chi connectivity index (χ4v) is 1.25. The Labute approximate surface area is 71.6 Å². The van der Waals surface area contributed by atoms with Gasteiger partial charge in [0.05, 0.1) is 5.69 Å². The predicted molar refractivity (Wildman–Crippen MR) is 47.8 cm³/mol. The molecule has 0 saturated heterocycles. The van der Waals surface area contributed by atoms with Crippen molar-refractivity contribution in [1.29, 1.82) is 0 Å². The van der Waals surface area contributed by atoms with E-state index in [1.54, 1.807) is 6.07 Å². The molecule has 0 amide bonds. The van der Waals surface area contributed by atoms with E-state index in [0.717, 1.165) is 5.56 Å². The average Bonchev–Trinajstić information content (AvgIpc) is 2.80. The molecular formula is C10H12FN. The van der Waals surface area contributed by atoms with E-state index in [1.165, 1.54) is 18.9 Å². The van der Waals surface area contributed by atoms with Gasteiger partial charge in [-0.05, 0) is 31.4 Å². The second-order valence-electron chi connectivity index (χ2n) is 3.35. The van der Waals surface area contributed by atoms with Gasteiger partial charge >= 0.3 is 0 Å². The molecule has 0 spiro atoms. The Balaban J connectivity index is 2.26. The molecule has 1 aromatic rings. The second kappa shape index (κ2) is 2.77. The van der Waals surface area contributed by atoms with Crippen LogP contribution in [0.1, 0.15) is 18.4 Å². The molecule has 1 aliphatic carbocycles. The van der Waals surface area contributed by atoms with Crippen LogP contribution in [-0.2, 0) is 0 Å². The molecule has 64 valence electrons. The first kappa shape index (κ1) is 7.59. The SMILES string of the molecule is Cc1cccc(F)c1NC1CC1. The second-order valence-corrected chi connectivity index (χ2v) is 3.35. The number of benzene rings is 1. The molecule has 12 heavy (non-hydrogen) atoms. The van der Waals surface area contributed by atoms with Gasteiger partial charge in [-0.2, -0.15) is 0 Å². The maximum Gasteiger partial charge on any atom is 0.146 e. The molecule has 0 atom stereocenters. The maximum absolute atomic E-state index is 13.2. The Morgan fingerprint density at radius 2 is 2.17 bits per heavy atom. The van der Waals surface area contributed by atoms with Gasteiger partial charge in [-0.25, -0.2) is 4.39 Å². The fraction of sp³-hybridized carbons (Fsp3) is 0.400. The number of hydrogen-bond acceptors (Lipinski definition) is 1. The first-order chi connectivity index (χ1) is 5.77. The Kier molecular flexibility index (Phi) is 1.75. The fourth-order valence-electron chi connectivity index (χ4n) is 1.25. The highest BCUT2D eigenvalue weighted by Crippen LogP contribution is 2.28. The molecule has 0 radical (unpaired) electrons. The van der Waals surface area contributed by atoms with Crippen LogP contribution >= 0.6 is 0 Å². The summed E-state index contributed by atoms with van der Waals surface area (Å²) in [6.07, 6.45) is 2.35. The highest BCUT2D eigenvalue weighted by atomic mass is 19.1. The lowest BCUT2D eigenvalue weighted by Gasteiger charge is -2.08. The summed E-state index contributed by atoms with van der Waals surface area (Å²) >= 11 is 0. The van der Waals surface area contributed by atoms with Crippen LogP contribution in [0.25, 0.3) is 0 Å². The summed E-state index contributed by atoms with van der Waals surface area (Å²) in [5, 5.41) is 3.18. The van der Waals surface area contributed by atoms with Crippen LogP contribution in [0.15, 0.2) is 18.2 Å². The topological polar surface area (TPSA) is 12.0 Å². The van der Waals surface area contributed by atoms with Crippen molar-refractivity contribution in [3.05, 3.63) is 29.6 Å². The van der Waals surface area contributed by atoms with E-state index in [1.807, 2.05) is 13.0 Å². The first-order valence-electron chi connectivity index (χ1n) is 4.29. The summed E-state index contributed by atoms with van der Waals surface area (Å²) in [5.74, 6) is -0.137. The lowest BCUT2D eigenvalue weighted by molar-refractivity contribution is 0.629. The first-order valence-corrected chi connectivity index (χ1v) is 4.29. The Morgan fingerprint density at radius 3 is 2.75 bits per heavy atom. The third-order valence-corrected chi connectivity index (χ3v) is 2.15. The molecule has 0 aromatic heterocycles. The van der Waals surface area contributed by atoms with Crippen molar-refractivity contribution >= 4 is 5.69 Å². The number of para-hydroxylation sites is 1. The number of nitrogens with one attached hydrogen (secondary N) is 1. The molecule has 0 aliphatic heterocycles. The monoisotopic (exact) mass is 165 g/mol. The molecule has 1 fully saturated rings. The van der Waals surface area contributed by atoms with Crippen molar-refractivity contribution in [3.8, 4) is 0 Å². The van der Waals surface area contributed by atoms with Gasteiger partial charge in [0.15, 0.2) is 0 Å². The van der Waals surface area contributed by atoms with E-state index in [4.69, 9.17) is 0 Å². The van der Waals surface area contributed by atoms with Crippen molar-refractivity contribution in [2.24, 2.45) is 0 Å². The predicted octanol–water partition coefficient (Wildman–Crippen LogP) is 2.71. The molecule has 1 saturated carbocycles. The summed E-state index contributed by atoms with van der Waals surface area (Å²) in [6.45, 7) is 1.92. The van der Waals surface area contributed by atoms with Gasteiger partial charge < -0.3 is 5.32 Å². The molecular weight excluding hydrogens is 153 g/mol. The highest BCUT2D eigenvalue weighted by molar-refractivity contribution is 5.53. The van der Waals surface area contributed by atoms with Crippen molar-refractivity contribution in [2.45, 2.75) is 25.8 Å². The maximum atomic E-state index is 13.2. The van der Waals surface area contributed by atoms with E-state index >= 15 is 0 Å². The van der Waals surface area contributed by atoms with Gasteiger partial charge in [-0.15, -0.1) is 0 Å². The highest BCUT2D eigenvalue weighted by Gasteiger charge is 2.22. The third kappa shape index (κ3) is 1.42. The molecule has 2 rings (SSSR count). The van der Waals surface area contributed by atoms with Crippen LogP contribution in [0.4, 0.5) is 10.1 Å². The molecule has 0 unspecified atom stereocenters. The van der Waals surface area contributed by atoms with Crippen molar-refractivity contribution in [2.75, 3.05) is 5.32 Å². The summed E-state index contributed by atoms with van der Waals surface area (Å²) in [7, 11) is 0. The molecule has 1 nitrogen and oxygen atoms in total. The number of rotatable bonds is 2. The largest absolute Gasteiger partial charge is 0.380 e.